The first kappa shape index (κ1) is 13.5. The van der Waals surface area contributed by atoms with Gasteiger partial charge in [0.1, 0.15) is 0 Å². The molecule has 0 heterocycles. The van der Waals surface area contributed by atoms with E-state index in [2.05, 4.69) is 46.5 Å². The van der Waals surface area contributed by atoms with Crippen LogP contribution in [0.15, 0.2) is 0 Å². The molecule has 0 saturated heterocycles. The minimum Gasteiger partial charge on any atom is -0.378 e. The highest BCUT2D eigenvalue weighted by Gasteiger charge is 2.04. The number of hydrogen-bond acceptors (Lipinski definition) is 1. The van der Waals surface area contributed by atoms with E-state index in [9.17, 15) is 0 Å². The van der Waals surface area contributed by atoms with Gasteiger partial charge in [-0.15, -0.1) is 5.92 Å². The summed E-state index contributed by atoms with van der Waals surface area (Å²) in [6.45, 7) is 11.5. The van der Waals surface area contributed by atoms with Crippen molar-refractivity contribution >= 4 is 0 Å². The van der Waals surface area contributed by atoms with E-state index in [-0.39, 0.29) is 11.5 Å². The summed E-state index contributed by atoms with van der Waals surface area (Å²) < 4.78 is 5.59. The quantitative estimate of drug-likeness (QED) is 0.482. The van der Waals surface area contributed by atoms with Crippen molar-refractivity contribution < 1.29 is 4.74 Å². The molecule has 0 aliphatic heterocycles. The van der Waals surface area contributed by atoms with E-state index in [1.165, 1.54) is 6.42 Å². The summed E-state index contributed by atoms with van der Waals surface area (Å²) in [4.78, 5) is 0. The fourth-order valence-electron chi connectivity index (χ4n) is 0.948. The normalized spacial score (nSPS) is 13.2. The minimum atomic E-state index is 0.114. The van der Waals surface area contributed by atoms with E-state index >= 15 is 0 Å². The average molecular weight is 196 g/mol. The Morgan fingerprint density at radius 2 is 1.93 bits per heavy atom. The molecule has 0 radical (unpaired) electrons. The third kappa shape index (κ3) is 9.61. The third-order valence-electron chi connectivity index (χ3n) is 1.75. The molecule has 0 fully saturated rings. The van der Waals surface area contributed by atoms with Crippen molar-refractivity contribution in [3.63, 3.8) is 0 Å². The fourth-order valence-corrected chi connectivity index (χ4v) is 0.948. The topological polar surface area (TPSA) is 9.23 Å². The zero-order valence-electron chi connectivity index (χ0n) is 10.3. The summed E-state index contributed by atoms with van der Waals surface area (Å²) in [5.74, 6) is 6.39. The van der Waals surface area contributed by atoms with Crippen LogP contribution in [0.25, 0.3) is 0 Å². The van der Waals surface area contributed by atoms with E-state index in [4.69, 9.17) is 4.74 Å². The van der Waals surface area contributed by atoms with Crippen molar-refractivity contribution in [2.24, 2.45) is 5.41 Å². The number of rotatable bonds is 5. The maximum atomic E-state index is 5.59. The van der Waals surface area contributed by atoms with Gasteiger partial charge in [0.2, 0.25) is 0 Å². The first-order valence-corrected chi connectivity index (χ1v) is 5.57. The highest BCUT2D eigenvalue weighted by atomic mass is 16.5. The summed E-state index contributed by atoms with van der Waals surface area (Å²) in [5, 5.41) is 0. The van der Waals surface area contributed by atoms with Crippen LogP contribution in [0.3, 0.4) is 0 Å². The van der Waals surface area contributed by atoms with E-state index in [1.807, 2.05) is 0 Å². The van der Waals surface area contributed by atoms with Crippen LogP contribution >= 0.6 is 0 Å². The van der Waals surface area contributed by atoms with Crippen LogP contribution in [0.5, 0.6) is 0 Å². The summed E-state index contributed by atoms with van der Waals surface area (Å²) in [7, 11) is 0. The second kappa shape index (κ2) is 6.90. The smallest absolute Gasteiger partial charge is 0.0656 e. The van der Waals surface area contributed by atoms with Gasteiger partial charge in [-0.1, -0.05) is 19.3 Å². The lowest BCUT2D eigenvalue weighted by molar-refractivity contribution is 0.0675. The van der Waals surface area contributed by atoms with Gasteiger partial charge in [0.15, 0.2) is 0 Å². The molecular weight excluding hydrogens is 172 g/mol. The Morgan fingerprint density at radius 1 is 1.29 bits per heavy atom. The van der Waals surface area contributed by atoms with E-state index in [1.54, 1.807) is 0 Å². The molecule has 0 aromatic carbocycles. The molecule has 0 aliphatic rings. The Hall–Kier alpha value is -0.480. The number of unbranched alkanes of at least 4 members (excludes halogenated alkanes) is 1. The van der Waals surface area contributed by atoms with Gasteiger partial charge >= 0.3 is 0 Å². The van der Waals surface area contributed by atoms with Crippen LogP contribution < -0.4 is 0 Å². The van der Waals surface area contributed by atoms with Crippen molar-refractivity contribution in [3.8, 4) is 11.8 Å². The molecule has 1 atom stereocenters. The molecule has 0 aliphatic carbocycles. The van der Waals surface area contributed by atoms with Crippen LogP contribution in [0.4, 0.5) is 0 Å². The van der Waals surface area contributed by atoms with Gasteiger partial charge in [-0.05, 0) is 34.1 Å². The summed E-state index contributed by atoms with van der Waals surface area (Å²) in [5.41, 5.74) is 0.114. The van der Waals surface area contributed by atoms with Gasteiger partial charge in [0.25, 0.3) is 0 Å². The van der Waals surface area contributed by atoms with E-state index < -0.39 is 0 Å². The Balaban J connectivity index is 3.61. The van der Waals surface area contributed by atoms with E-state index in [0.29, 0.717) is 0 Å². The van der Waals surface area contributed by atoms with Gasteiger partial charge in [-0.2, -0.15) is 0 Å². The zero-order valence-corrected chi connectivity index (χ0v) is 10.3. The van der Waals surface area contributed by atoms with Crippen molar-refractivity contribution in [2.75, 3.05) is 6.61 Å². The molecular formula is C13H24O. The van der Waals surface area contributed by atoms with Crippen molar-refractivity contribution in [2.45, 2.75) is 60.0 Å². The molecule has 1 unspecified atom stereocenters. The standard InChI is InChI=1S/C13H24O/c1-6-7-11-14-12(2)9-8-10-13(3,4)5/h12H,6-7,9,11H2,1-5H3. The summed E-state index contributed by atoms with van der Waals surface area (Å²) in [6.07, 6.45) is 3.47. The predicted octanol–water partition coefficient (Wildman–Crippen LogP) is 3.63. The molecule has 0 bridgehead atoms. The largest absolute Gasteiger partial charge is 0.378 e. The minimum absolute atomic E-state index is 0.114. The highest BCUT2D eigenvalue weighted by Crippen LogP contribution is 2.10. The van der Waals surface area contributed by atoms with Crippen LogP contribution in [0, 0.1) is 17.3 Å². The molecule has 1 heteroatoms. The predicted molar refractivity (Wildman–Crippen MR) is 62.2 cm³/mol. The fraction of sp³-hybridized carbons (Fsp3) is 0.846. The Bertz CT molecular complexity index is 190. The van der Waals surface area contributed by atoms with Crippen LogP contribution in [0.1, 0.15) is 53.9 Å². The second-order valence-electron chi connectivity index (χ2n) is 4.79. The first-order chi connectivity index (χ1) is 6.45. The lowest BCUT2D eigenvalue weighted by atomic mass is 9.98. The second-order valence-corrected chi connectivity index (χ2v) is 4.79. The molecule has 0 aromatic rings. The monoisotopic (exact) mass is 196 g/mol. The first-order valence-electron chi connectivity index (χ1n) is 5.57. The molecule has 0 spiro atoms. The Labute approximate surface area is 89.2 Å². The van der Waals surface area contributed by atoms with Gasteiger partial charge < -0.3 is 4.74 Å². The molecule has 0 amide bonds. The average Bonchev–Trinajstić information content (AvgIpc) is 2.02. The number of hydrogen-bond donors (Lipinski definition) is 0. The highest BCUT2D eigenvalue weighted by molar-refractivity contribution is 5.07. The summed E-state index contributed by atoms with van der Waals surface area (Å²) >= 11 is 0. The lowest BCUT2D eigenvalue weighted by Gasteiger charge is -2.10. The van der Waals surface area contributed by atoms with Crippen LogP contribution in [0.2, 0.25) is 0 Å². The van der Waals surface area contributed by atoms with Gasteiger partial charge in [-0.3, -0.25) is 0 Å². The molecule has 0 rings (SSSR count). The molecule has 0 saturated carbocycles. The van der Waals surface area contributed by atoms with Crippen molar-refractivity contribution in [1.82, 2.24) is 0 Å². The van der Waals surface area contributed by atoms with E-state index in [0.717, 1.165) is 19.4 Å². The Morgan fingerprint density at radius 3 is 2.43 bits per heavy atom. The molecule has 0 N–H and O–H groups in total. The van der Waals surface area contributed by atoms with Crippen LogP contribution in [-0.2, 0) is 4.74 Å². The Kier molecular flexibility index (Phi) is 6.66. The molecule has 1 nitrogen and oxygen atoms in total. The maximum Gasteiger partial charge on any atom is 0.0656 e. The third-order valence-corrected chi connectivity index (χ3v) is 1.75. The van der Waals surface area contributed by atoms with Crippen molar-refractivity contribution in [1.29, 1.82) is 0 Å². The maximum absolute atomic E-state index is 5.59. The van der Waals surface area contributed by atoms with Gasteiger partial charge in [-0.25, -0.2) is 0 Å². The zero-order chi connectivity index (χ0) is 11.0. The molecule has 82 valence electrons. The molecule has 0 aromatic heterocycles. The van der Waals surface area contributed by atoms with Crippen molar-refractivity contribution in [3.05, 3.63) is 0 Å². The number of ether oxygens (including phenoxy) is 1. The lowest BCUT2D eigenvalue weighted by Crippen LogP contribution is -2.08. The van der Waals surface area contributed by atoms with Gasteiger partial charge in [0.05, 0.1) is 6.10 Å². The molecule has 14 heavy (non-hydrogen) atoms. The van der Waals surface area contributed by atoms with Crippen LogP contribution in [-0.4, -0.2) is 12.7 Å². The van der Waals surface area contributed by atoms with Gasteiger partial charge in [0, 0.05) is 18.4 Å². The summed E-state index contributed by atoms with van der Waals surface area (Å²) in [6, 6.07) is 0. The SMILES string of the molecule is CCCCOC(C)CC#CC(C)(C)C.